The number of methoxy groups -OCH3 is 1. The number of hydrogen-bond acceptors (Lipinski definition) is 5. The van der Waals surface area contributed by atoms with Crippen molar-refractivity contribution >= 4 is 5.91 Å². The zero-order valence-electron chi connectivity index (χ0n) is 24.4. The summed E-state index contributed by atoms with van der Waals surface area (Å²) in [6.07, 6.45) is 7.34. The van der Waals surface area contributed by atoms with Gasteiger partial charge in [0.05, 0.1) is 25.4 Å². The molecular formula is C33H51NO5. The van der Waals surface area contributed by atoms with Crippen LogP contribution in [0.3, 0.4) is 0 Å². The van der Waals surface area contributed by atoms with E-state index in [2.05, 4.69) is 26.1 Å². The van der Waals surface area contributed by atoms with Gasteiger partial charge in [-0.05, 0) is 116 Å². The Morgan fingerprint density at radius 1 is 1.08 bits per heavy atom. The standard InChI is InChI=1S/C33H51NO5/c1-20(9-12-30(38)34-16-14-21-7-5-6-8-28(21)39-4)24-10-11-25-31-26(19-29(37)33(24,25)3)32(2)15-13-23(35)17-22(32)18-27(31)36/h5-8,20,22-27,29,31,35-37H,9-19H2,1-4H3,(H,34,38)/t20-,22+,23-,24-,25+,26+,27-,29+,31+,32+,33-/m1/s1. The average Bonchev–Trinajstić information content (AvgIpc) is 3.27. The van der Waals surface area contributed by atoms with E-state index in [0.29, 0.717) is 42.6 Å². The first-order valence-electron chi connectivity index (χ1n) is 15.5. The molecule has 0 heterocycles. The predicted molar refractivity (Wildman–Crippen MR) is 152 cm³/mol. The van der Waals surface area contributed by atoms with Gasteiger partial charge in [0.25, 0.3) is 0 Å². The van der Waals surface area contributed by atoms with Gasteiger partial charge in [-0.2, -0.15) is 0 Å². The number of carbonyl (C=O) groups is 1. The lowest BCUT2D eigenvalue weighted by molar-refractivity contribution is -0.207. The normalized spacial score (nSPS) is 42.1. The minimum absolute atomic E-state index is 0.0851. The monoisotopic (exact) mass is 541 g/mol. The molecule has 218 valence electrons. The summed E-state index contributed by atoms with van der Waals surface area (Å²) in [7, 11) is 1.67. The molecule has 0 spiro atoms. The van der Waals surface area contributed by atoms with Crippen LogP contribution in [-0.2, 0) is 11.2 Å². The molecule has 39 heavy (non-hydrogen) atoms. The van der Waals surface area contributed by atoms with Gasteiger partial charge in [-0.1, -0.05) is 39.0 Å². The highest BCUT2D eigenvalue weighted by Gasteiger charge is 2.65. The second kappa shape index (κ2) is 11.3. The zero-order valence-corrected chi connectivity index (χ0v) is 24.4. The number of benzene rings is 1. The van der Waals surface area contributed by atoms with Crippen LogP contribution in [-0.4, -0.2) is 53.2 Å². The molecule has 0 unspecified atom stereocenters. The Morgan fingerprint density at radius 2 is 1.85 bits per heavy atom. The number of hydrogen-bond donors (Lipinski definition) is 4. The second-order valence-electron chi connectivity index (χ2n) is 14.0. The molecule has 11 atom stereocenters. The Balaban J connectivity index is 1.19. The van der Waals surface area contributed by atoms with Crippen LogP contribution in [0.1, 0.15) is 84.1 Å². The number of nitrogens with one attached hydrogen (secondary N) is 1. The highest BCUT2D eigenvalue weighted by Crippen LogP contribution is 2.68. The fourth-order valence-corrected chi connectivity index (χ4v) is 10.0. The van der Waals surface area contributed by atoms with Crippen LogP contribution in [0.25, 0.3) is 0 Å². The number of para-hydroxylation sites is 1. The maximum atomic E-state index is 12.7. The molecule has 4 aliphatic rings. The van der Waals surface area contributed by atoms with Gasteiger partial charge < -0.3 is 25.4 Å². The van der Waals surface area contributed by atoms with E-state index in [0.717, 1.165) is 69.1 Å². The second-order valence-corrected chi connectivity index (χ2v) is 14.0. The van der Waals surface area contributed by atoms with Gasteiger partial charge in [0.15, 0.2) is 0 Å². The van der Waals surface area contributed by atoms with Crippen LogP contribution < -0.4 is 10.1 Å². The van der Waals surface area contributed by atoms with Crippen LogP contribution in [0.2, 0.25) is 0 Å². The number of fused-ring (bicyclic) bond motifs is 5. The van der Waals surface area contributed by atoms with Crippen molar-refractivity contribution in [3.63, 3.8) is 0 Å². The summed E-state index contributed by atoms with van der Waals surface area (Å²) < 4.78 is 5.42. The molecule has 4 saturated carbocycles. The minimum atomic E-state index is -0.386. The lowest BCUT2D eigenvalue weighted by Crippen LogP contribution is -2.62. The average molecular weight is 542 g/mol. The molecule has 0 aliphatic heterocycles. The minimum Gasteiger partial charge on any atom is -0.496 e. The molecule has 6 heteroatoms. The Kier molecular flexibility index (Phi) is 8.39. The molecule has 1 amide bonds. The van der Waals surface area contributed by atoms with Crippen molar-refractivity contribution in [1.29, 1.82) is 0 Å². The molecule has 0 saturated heterocycles. The first-order chi connectivity index (χ1) is 18.6. The van der Waals surface area contributed by atoms with E-state index in [9.17, 15) is 20.1 Å². The number of rotatable bonds is 8. The number of aliphatic hydroxyl groups excluding tert-OH is 3. The Labute approximate surface area is 234 Å². The number of carbonyl (C=O) groups excluding carboxylic acids is 1. The van der Waals surface area contributed by atoms with E-state index >= 15 is 0 Å². The molecule has 1 aromatic rings. The van der Waals surface area contributed by atoms with Gasteiger partial charge in [-0.25, -0.2) is 0 Å². The van der Waals surface area contributed by atoms with Gasteiger partial charge in [0, 0.05) is 13.0 Å². The summed E-state index contributed by atoms with van der Waals surface area (Å²) in [5, 5.41) is 36.6. The molecule has 1 aromatic carbocycles. The van der Waals surface area contributed by atoms with Crippen molar-refractivity contribution in [2.45, 2.75) is 103 Å². The van der Waals surface area contributed by atoms with E-state index < -0.39 is 0 Å². The Morgan fingerprint density at radius 3 is 2.62 bits per heavy atom. The molecule has 0 radical (unpaired) electrons. The maximum Gasteiger partial charge on any atom is 0.220 e. The summed E-state index contributed by atoms with van der Waals surface area (Å²) in [6, 6.07) is 7.92. The fraction of sp³-hybridized carbons (Fsp3) is 0.788. The van der Waals surface area contributed by atoms with E-state index in [4.69, 9.17) is 4.74 Å². The maximum absolute atomic E-state index is 12.7. The van der Waals surface area contributed by atoms with Crippen LogP contribution in [0, 0.1) is 46.3 Å². The first kappa shape index (κ1) is 28.9. The van der Waals surface area contributed by atoms with Crippen molar-refractivity contribution < 1.29 is 24.9 Å². The fourth-order valence-electron chi connectivity index (χ4n) is 10.0. The summed E-state index contributed by atoms with van der Waals surface area (Å²) in [5.41, 5.74) is 0.966. The first-order valence-corrected chi connectivity index (χ1v) is 15.5. The van der Waals surface area contributed by atoms with Gasteiger partial charge in [-0.3, -0.25) is 4.79 Å². The third-order valence-corrected chi connectivity index (χ3v) is 12.3. The quantitative estimate of drug-likeness (QED) is 0.381. The Hall–Kier alpha value is -1.63. The summed E-state index contributed by atoms with van der Waals surface area (Å²) in [4.78, 5) is 12.7. The van der Waals surface area contributed by atoms with Gasteiger partial charge >= 0.3 is 0 Å². The van der Waals surface area contributed by atoms with Crippen LogP contribution >= 0.6 is 0 Å². The summed E-state index contributed by atoms with van der Waals surface area (Å²) in [6.45, 7) is 7.51. The number of amides is 1. The topological polar surface area (TPSA) is 99.0 Å². The SMILES string of the molecule is COc1ccccc1CCNC(=O)CC[C@@H](C)[C@H]1CC[C@H]2[C@@H]3[C@H](O)C[C@@H]4C[C@H](O)CC[C@]4(C)[C@H]3C[C@H](O)[C@]12C. The van der Waals surface area contributed by atoms with E-state index in [1.807, 2.05) is 24.3 Å². The smallest absolute Gasteiger partial charge is 0.220 e. The van der Waals surface area contributed by atoms with Gasteiger partial charge in [0.2, 0.25) is 5.91 Å². The highest BCUT2D eigenvalue weighted by atomic mass is 16.5. The summed E-state index contributed by atoms with van der Waals surface area (Å²) >= 11 is 0. The van der Waals surface area contributed by atoms with Crippen molar-refractivity contribution in [2.24, 2.45) is 46.3 Å². The zero-order chi connectivity index (χ0) is 27.9. The van der Waals surface area contributed by atoms with Crippen LogP contribution in [0.15, 0.2) is 24.3 Å². The van der Waals surface area contributed by atoms with E-state index in [-0.39, 0.29) is 41.0 Å². The van der Waals surface area contributed by atoms with Crippen molar-refractivity contribution in [2.75, 3.05) is 13.7 Å². The highest BCUT2D eigenvalue weighted by molar-refractivity contribution is 5.75. The summed E-state index contributed by atoms with van der Waals surface area (Å²) in [5.74, 6) is 2.82. The molecule has 4 N–H and O–H groups in total. The molecule has 0 aromatic heterocycles. The molecule has 4 fully saturated rings. The van der Waals surface area contributed by atoms with Crippen LogP contribution in [0.5, 0.6) is 5.75 Å². The predicted octanol–water partition coefficient (Wildman–Crippen LogP) is 4.73. The van der Waals surface area contributed by atoms with Crippen LogP contribution in [0.4, 0.5) is 0 Å². The van der Waals surface area contributed by atoms with E-state index in [1.54, 1.807) is 7.11 Å². The lowest BCUT2D eigenvalue weighted by atomic mass is 9.43. The molecule has 0 bridgehead atoms. The number of ether oxygens (including phenoxy) is 1. The molecule has 6 nitrogen and oxygen atoms in total. The molecular weight excluding hydrogens is 490 g/mol. The van der Waals surface area contributed by atoms with Crippen molar-refractivity contribution in [3.8, 4) is 5.75 Å². The third-order valence-electron chi connectivity index (χ3n) is 12.3. The lowest BCUT2D eigenvalue weighted by Gasteiger charge is -2.63. The van der Waals surface area contributed by atoms with Gasteiger partial charge in [0.1, 0.15) is 5.75 Å². The van der Waals surface area contributed by atoms with Crippen molar-refractivity contribution in [1.82, 2.24) is 5.32 Å². The largest absolute Gasteiger partial charge is 0.496 e. The van der Waals surface area contributed by atoms with E-state index in [1.165, 1.54) is 0 Å². The molecule has 5 rings (SSSR count). The van der Waals surface area contributed by atoms with Crippen molar-refractivity contribution in [3.05, 3.63) is 29.8 Å². The number of aliphatic hydroxyl groups is 3. The van der Waals surface area contributed by atoms with Gasteiger partial charge in [-0.15, -0.1) is 0 Å². The Bertz CT molecular complexity index is 1020. The molecule has 4 aliphatic carbocycles. The third kappa shape index (κ3) is 5.15.